The summed E-state index contributed by atoms with van der Waals surface area (Å²) in [4.78, 5) is 39.2. The number of fused-ring (bicyclic) bond motifs is 1. The van der Waals surface area contributed by atoms with Crippen LogP contribution >= 0.6 is 46.6 Å². The number of benzene rings is 3. The highest BCUT2D eigenvalue weighted by Crippen LogP contribution is 2.42. The standard InChI is InChI=1S/C28H22Cl3N3O6S/c29-16-6-8-19(18(31)10-16)40-20-9-7-17(30)11-21(20)39-12-15-13-41-27-23(26(36)34(27)24(15)28(37)38)33-25(35)22(32)14-4-2-1-3-5-14/h1-11,22-23,27H,12-13,32H2,(H,33,35)(H,37,38)/t22?,23?,27-/m1/s1. The molecular weight excluding hydrogens is 613 g/mol. The topological polar surface area (TPSA) is 131 Å². The zero-order valence-electron chi connectivity index (χ0n) is 21.1. The fourth-order valence-electron chi connectivity index (χ4n) is 4.37. The van der Waals surface area contributed by atoms with Gasteiger partial charge in [-0.25, -0.2) is 4.79 Å². The van der Waals surface area contributed by atoms with Gasteiger partial charge < -0.3 is 25.6 Å². The van der Waals surface area contributed by atoms with Crippen molar-refractivity contribution >= 4 is 64.3 Å². The van der Waals surface area contributed by atoms with Gasteiger partial charge in [0.2, 0.25) is 5.91 Å². The predicted molar refractivity (Wildman–Crippen MR) is 157 cm³/mol. The van der Waals surface area contributed by atoms with Gasteiger partial charge in [-0.2, -0.15) is 0 Å². The molecular formula is C28H22Cl3N3O6S. The number of amides is 2. The number of carbonyl (C=O) groups excluding carboxylic acids is 2. The van der Waals surface area contributed by atoms with E-state index in [4.69, 9.17) is 50.0 Å². The number of carboxylic acids is 1. The second-order valence-corrected chi connectivity index (χ2v) is 11.5. The van der Waals surface area contributed by atoms with E-state index >= 15 is 0 Å². The smallest absolute Gasteiger partial charge is 0.352 e. The van der Waals surface area contributed by atoms with Crippen LogP contribution in [0.3, 0.4) is 0 Å². The number of thioether (sulfide) groups is 1. The zero-order chi connectivity index (χ0) is 29.3. The summed E-state index contributed by atoms with van der Waals surface area (Å²) >= 11 is 19.7. The van der Waals surface area contributed by atoms with E-state index < -0.39 is 35.2 Å². The molecule has 0 radical (unpaired) electrons. The van der Waals surface area contributed by atoms with E-state index in [2.05, 4.69) is 5.32 Å². The maximum absolute atomic E-state index is 13.0. The molecule has 41 heavy (non-hydrogen) atoms. The first-order valence-corrected chi connectivity index (χ1v) is 14.4. The SMILES string of the molecule is NC(C(=O)NC1C(=O)N2C(C(=O)O)=C(COc3cc(Cl)ccc3Oc3ccc(Cl)cc3Cl)CS[C@H]12)c1ccccc1. The van der Waals surface area contributed by atoms with Crippen LogP contribution < -0.4 is 20.5 Å². The summed E-state index contributed by atoms with van der Waals surface area (Å²) < 4.78 is 11.9. The average Bonchev–Trinajstić information content (AvgIpc) is 2.96. The number of β-lactam (4-membered cyclic amide) rings is 1. The summed E-state index contributed by atoms with van der Waals surface area (Å²) in [6, 6.07) is 16.3. The molecule has 2 unspecified atom stereocenters. The molecule has 3 aromatic rings. The third-order valence-corrected chi connectivity index (χ3v) is 8.52. The average molecular weight is 635 g/mol. The minimum absolute atomic E-state index is 0.161. The van der Waals surface area contributed by atoms with Gasteiger partial charge in [0.05, 0.1) is 5.02 Å². The van der Waals surface area contributed by atoms with E-state index in [0.29, 0.717) is 26.9 Å². The molecule has 5 rings (SSSR count). The highest BCUT2D eigenvalue weighted by atomic mass is 35.5. The molecule has 1 fully saturated rings. The highest BCUT2D eigenvalue weighted by Gasteiger charge is 2.54. The highest BCUT2D eigenvalue weighted by molar-refractivity contribution is 8.00. The number of nitrogens with zero attached hydrogens (tertiary/aromatic N) is 1. The van der Waals surface area contributed by atoms with Gasteiger partial charge in [0, 0.05) is 27.4 Å². The van der Waals surface area contributed by atoms with Crippen molar-refractivity contribution in [2.24, 2.45) is 5.73 Å². The Balaban J connectivity index is 1.31. The van der Waals surface area contributed by atoms with Gasteiger partial charge in [-0.15, -0.1) is 11.8 Å². The fraction of sp³-hybridized carbons (Fsp3) is 0.179. The second kappa shape index (κ2) is 12.2. The van der Waals surface area contributed by atoms with Crippen LogP contribution in [0.4, 0.5) is 0 Å². The van der Waals surface area contributed by atoms with E-state index in [1.807, 2.05) is 0 Å². The van der Waals surface area contributed by atoms with Crippen LogP contribution in [0, 0.1) is 0 Å². The van der Waals surface area contributed by atoms with Gasteiger partial charge in [-0.1, -0.05) is 65.1 Å². The first kappa shape index (κ1) is 29.1. The van der Waals surface area contributed by atoms with E-state index in [-0.39, 0.29) is 34.6 Å². The third kappa shape index (κ3) is 6.12. The molecule has 13 heteroatoms. The first-order chi connectivity index (χ1) is 19.6. The van der Waals surface area contributed by atoms with Gasteiger partial charge in [-0.3, -0.25) is 14.5 Å². The molecule has 9 nitrogen and oxygen atoms in total. The number of carbonyl (C=O) groups is 3. The van der Waals surface area contributed by atoms with Crippen molar-refractivity contribution in [2.45, 2.75) is 17.5 Å². The lowest BCUT2D eigenvalue weighted by Crippen LogP contribution is -2.71. The number of carboxylic acid groups (broad SMARTS) is 1. The van der Waals surface area contributed by atoms with Crippen LogP contribution in [0.15, 0.2) is 78.0 Å². The van der Waals surface area contributed by atoms with Crippen LogP contribution in [-0.4, -0.2) is 51.6 Å². The summed E-state index contributed by atoms with van der Waals surface area (Å²) in [6.45, 7) is -0.161. The van der Waals surface area contributed by atoms with E-state index in [9.17, 15) is 19.5 Å². The van der Waals surface area contributed by atoms with Crippen molar-refractivity contribution in [3.05, 3.63) is 98.6 Å². The molecule has 2 aliphatic rings. The van der Waals surface area contributed by atoms with Crippen molar-refractivity contribution in [1.82, 2.24) is 10.2 Å². The minimum atomic E-state index is -1.29. The van der Waals surface area contributed by atoms with Crippen LogP contribution in [0.2, 0.25) is 15.1 Å². The molecule has 3 aromatic carbocycles. The number of ether oxygens (including phenoxy) is 2. The Kier molecular flexibility index (Phi) is 8.67. The number of aliphatic carboxylic acids is 1. The predicted octanol–water partition coefficient (Wildman–Crippen LogP) is 5.26. The van der Waals surface area contributed by atoms with Gasteiger partial charge >= 0.3 is 5.97 Å². The molecule has 1 saturated heterocycles. The second-order valence-electron chi connectivity index (χ2n) is 9.10. The summed E-state index contributed by atoms with van der Waals surface area (Å²) in [7, 11) is 0. The van der Waals surface area contributed by atoms with Gasteiger partial charge in [0.1, 0.15) is 35.5 Å². The van der Waals surface area contributed by atoms with Gasteiger partial charge in [0.25, 0.3) is 5.91 Å². The molecule has 212 valence electrons. The lowest BCUT2D eigenvalue weighted by Gasteiger charge is -2.49. The van der Waals surface area contributed by atoms with Crippen molar-refractivity contribution < 1.29 is 29.0 Å². The van der Waals surface area contributed by atoms with Crippen LogP contribution in [0.25, 0.3) is 0 Å². The molecule has 0 aromatic heterocycles. The number of nitrogens with two attached hydrogens (primary N) is 1. The van der Waals surface area contributed by atoms with Crippen molar-refractivity contribution in [2.75, 3.05) is 12.4 Å². The molecule has 2 aliphatic heterocycles. The third-order valence-electron chi connectivity index (χ3n) is 6.41. The Hall–Kier alpha value is -3.41. The minimum Gasteiger partial charge on any atom is -0.485 e. The Morgan fingerprint density at radius 3 is 2.39 bits per heavy atom. The molecule has 0 spiro atoms. The normalized spacial score (nSPS) is 18.7. The Morgan fingerprint density at radius 2 is 1.71 bits per heavy atom. The van der Waals surface area contributed by atoms with E-state index in [1.165, 1.54) is 23.9 Å². The van der Waals surface area contributed by atoms with Crippen LogP contribution in [-0.2, 0) is 14.4 Å². The molecule has 0 bridgehead atoms. The molecule has 2 amide bonds. The van der Waals surface area contributed by atoms with E-state index in [0.717, 1.165) is 4.90 Å². The number of hydrogen-bond donors (Lipinski definition) is 3. The molecule has 0 saturated carbocycles. The van der Waals surface area contributed by atoms with E-state index in [1.54, 1.807) is 54.6 Å². The summed E-state index contributed by atoms with van der Waals surface area (Å²) in [5, 5.41) is 13.2. The number of rotatable bonds is 9. The van der Waals surface area contributed by atoms with Crippen molar-refractivity contribution in [1.29, 1.82) is 0 Å². The fourth-order valence-corrected chi connectivity index (χ4v) is 6.31. The Bertz CT molecular complexity index is 1550. The number of hydrogen-bond acceptors (Lipinski definition) is 7. The van der Waals surface area contributed by atoms with Crippen LogP contribution in [0.5, 0.6) is 17.2 Å². The van der Waals surface area contributed by atoms with Crippen LogP contribution in [0.1, 0.15) is 11.6 Å². The zero-order valence-corrected chi connectivity index (χ0v) is 24.1. The lowest BCUT2D eigenvalue weighted by atomic mass is 10.0. The van der Waals surface area contributed by atoms with Crippen molar-refractivity contribution in [3.63, 3.8) is 0 Å². The summed E-state index contributed by atoms with van der Waals surface area (Å²) in [5.74, 6) is -1.27. The Labute approximate surface area is 254 Å². The lowest BCUT2D eigenvalue weighted by molar-refractivity contribution is -0.151. The molecule has 3 atom stereocenters. The molecule has 4 N–H and O–H groups in total. The number of halogens is 3. The van der Waals surface area contributed by atoms with Crippen molar-refractivity contribution in [3.8, 4) is 17.2 Å². The molecule has 0 aliphatic carbocycles. The maximum Gasteiger partial charge on any atom is 0.352 e. The van der Waals surface area contributed by atoms with Gasteiger partial charge in [-0.05, 0) is 35.9 Å². The number of nitrogens with one attached hydrogen (secondary N) is 1. The quantitative estimate of drug-likeness (QED) is 0.272. The maximum atomic E-state index is 13.0. The molecule has 2 heterocycles. The summed E-state index contributed by atoms with van der Waals surface area (Å²) in [6.07, 6.45) is 0. The Morgan fingerprint density at radius 1 is 1.02 bits per heavy atom. The largest absolute Gasteiger partial charge is 0.485 e. The monoisotopic (exact) mass is 633 g/mol. The van der Waals surface area contributed by atoms with Gasteiger partial charge in [0.15, 0.2) is 11.5 Å². The summed E-state index contributed by atoms with van der Waals surface area (Å²) in [5.41, 5.74) is 6.83. The first-order valence-electron chi connectivity index (χ1n) is 12.2.